The van der Waals surface area contributed by atoms with E-state index in [2.05, 4.69) is 10.2 Å². The van der Waals surface area contributed by atoms with Crippen LogP contribution in [0.15, 0.2) is 29.1 Å². The molecular formula is C15H13N3O2. The molecule has 0 radical (unpaired) electrons. The van der Waals surface area contributed by atoms with Gasteiger partial charge in [0.25, 0.3) is 5.56 Å². The van der Waals surface area contributed by atoms with Crippen molar-refractivity contribution in [2.75, 3.05) is 7.11 Å². The number of aromatic nitrogens is 2. The van der Waals surface area contributed by atoms with Crippen LogP contribution in [-0.4, -0.2) is 17.3 Å². The van der Waals surface area contributed by atoms with Crippen LogP contribution in [0, 0.1) is 18.3 Å². The van der Waals surface area contributed by atoms with Crippen LogP contribution in [0.2, 0.25) is 0 Å². The topological polar surface area (TPSA) is 78.8 Å². The highest BCUT2D eigenvalue weighted by Crippen LogP contribution is 2.20. The number of aromatic amines is 1. The fraction of sp³-hybridized carbons (Fsp3) is 0.133. The zero-order valence-corrected chi connectivity index (χ0v) is 11.2. The Hall–Kier alpha value is -2.87. The van der Waals surface area contributed by atoms with Gasteiger partial charge < -0.3 is 4.74 Å². The second kappa shape index (κ2) is 5.85. The molecule has 1 aromatic carbocycles. The van der Waals surface area contributed by atoms with Gasteiger partial charge in [0, 0.05) is 5.56 Å². The van der Waals surface area contributed by atoms with Crippen LogP contribution in [-0.2, 0) is 0 Å². The van der Waals surface area contributed by atoms with Crippen molar-refractivity contribution in [1.82, 2.24) is 10.2 Å². The summed E-state index contributed by atoms with van der Waals surface area (Å²) in [6.07, 6.45) is 3.57. The van der Waals surface area contributed by atoms with Crippen molar-refractivity contribution in [3.63, 3.8) is 0 Å². The van der Waals surface area contributed by atoms with E-state index in [1.54, 1.807) is 20.1 Å². The number of hydrogen-bond acceptors (Lipinski definition) is 4. The van der Waals surface area contributed by atoms with Gasteiger partial charge in [-0.1, -0.05) is 18.2 Å². The summed E-state index contributed by atoms with van der Waals surface area (Å²) >= 11 is 0. The Morgan fingerprint density at radius 3 is 2.80 bits per heavy atom. The Labute approximate surface area is 116 Å². The maximum atomic E-state index is 11.4. The van der Waals surface area contributed by atoms with Crippen molar-refractivity contribution in [2.45, 2.75) is 6.92 Å². The first kappa shape index (κ1) is 13.6. The summed E-state index contributed by atoms with van der Waals surface area (Å²) in [6, 6.07) is 9.42. The predicted molar refractivity (Wildman–Crippen MR) is 76.2 cm³/mol. The molecule has 2 rings (SSSR count). The summed E-state index contributed by atoms with van der Waals surface area (Å²) in [5.41, 5.74) is 1.61. The zero-order chi connectivity index (χ0) is 14.5. The second-order valence-corrected chi connectivity index (χ2v) is 4.13. The average molecular weight is 267 g/mol. The van der Waals surface area contributed by atoms with Crippen molar-refractivity contribution in [1.29, 1.82) is 5.26 Å². The third-order valence-corrected chi connectivity index (χ3v) is 2.94. The van der Waals surface area contributed by atoms with E-state index in [9.17, 15) is 4.79 Å². The van der Waals surface area contributed by atoms with Crippen LogP contribution in [0.5, 0.6) is 5.75 Å². The summed E-state index contributed by atoms with van der Waals surface area (Å²) in [5, 5.41) is 15.2. The van der Waals surface area contributed by atoms with E-state index in [0.29, 0.717) is 11.3 Å². The Morgan fingerprint density at radius 2 is 2.10 bits per heavy atom. The van der Waals surface area contributed by atoms with Crippen LogP contribution in [0.25, 0.3) is 12.2 Å². The molecule has 1 heterocycles. The summed E-state index contributed by atoms with van der Waals surface area (Å²) in [4.78, 5) is 11.4. The van der Waals surface area contributed by atoms with Gasteiger partial charge in [0.2, 0.25) is 0 Å². The summed E-state index contributed by atoms with van der Waals surface area (Å²) in [7, 11) is 1.60. The minimum atomic E-state index is -0.473. The Kier molecular flexibility index (Phi) is 3.96. The third kappa shape index (κ3) is 2.59. The molecule has 0 atom stereocenters. The number of para-hydroxylation sites is 1. The number of rotatable bonds is 3. The van der Waals surface area contributed by atoms with E-state index in [1.165, 1.54) is 0 Å². The monoisotopic (exact) mass is 267 g/mol. The van der Waals surface area contributed by atoms with Crippen molar-refractivity contribution in [3.05, 3.63) is 57.0 Å². The number of benzene rings is 1. The average Bonchev–Trinajstić information content (AvgIpc) is 2.47. The minimum Gasteiger partial charge on any atom is -0.496 e. The Morgan fingerprint density at radius 1 is 1.35 bits per heavy atom. The second-order valence-electron chi connectivity index (χ2n) is 4.13. The normalized spacial score (nSPS) is 10.4. The lowest BCUT2D eigenvalue weighted by Gasteiger charge is -2.04. The maximum absolute atomic E-state index is 11.4. The molecule has 0 unspecified atom stereocenters. The highest BCUT2D eigenvalue weighted by molar-refractivity contribution is 5.72. The van der Waals surface area contributed by atoms with Gasteiger partial charge >= 0.3 is 0 Å². The minimum absolute atomic E-state index is 0.0830. The quantitative estimate of drug-likeness (QED) is 0.923. The number of methoxy groups -OCH3 is 1. The largest absolute Gasteiger partial charge is 0.496 e. The van der Waals surface area contributed by atoms with E-state index >= 15 is 0 Å². The molecular weight excluding hydrogens is 254 g/mol. The van der Waals surface area contributed by atoms with Crippen molar-refractivity contribution in [3.8, 4) is 11.8 Å². The molecule has 1 aromatic heterocycles. The van der Waals surface area contributed by atoms with Gasteiger partial charge in [0.05, 0.1) is 12.8 Å². The molecule has 0 amide bonds. The number of nitrogens with one attached hydrogen (secondary N) is 1. The van der Waals surface area contributed by atoms with Crippen LogP contribution in [0.3, 0.4) is 0 Å². The number of nitriles is 1. The highest BCUT2D eigenvalue weighted by atomic mass is 16.5. The first-order valence-electron chi connectivity index (χ1n) is 5.98. The molecule has 5 nitrogen and oxygen atoms in total. The number of hydrogen-bond donors (Lipinski definition) is 1. The lowest BCUT2D eigenvalue weighted by atomic mass is 10.1. The lowest BCUT2D eigenvalue weighted by molar-refractivity contribution is 0.414. The number of nitrogens with zero attached hydrogens (tertiary/aromatic N) is 2. The molecule has 0 saturated carbocycles. The molecule has 0 aliphatic rings. The fourth-order valence-electron chi connectivity index (χ4n) is 1.82. The zero-order valence-electron chi connectivity index (χ0n) is 11.2. The van der Waals surface area contributed by atoms with E-state index in [1.807, 2.05) is 36.4 Å². The molecule has 20 heavy (non-hydrogen) atoms. The van der Waals surface area contributed by atoms with Crippen molar-refractivity contribution >= 4 is 12.2 Å². The van der Waals surface area contributed by atoms with Gasteiger partial charge in [-0.3, -0.25) is 4.79 Å². The van der Waals surface area contributed by atoms with Crippen LogP contribution >= 0.6 is 0 Å². The predicted octanol–water partition coefficient (Wildman–Crippen LogP) is 2.13. The summed E-state index contributed by atoms with van der Waals surface area (Å²) in [6.45, 7) is 1.70. The van der Waals surface area contributed by atoms with Crippen LogP contribution in [0.4, 0.5) is 0 Å². The summed E-state index contributed by atoms with van der Waals surface area (Å²) < 4.78 is 5.25. The van der Waals surface area contributed by atoms with E-state index in [-0.39, 0.29) is 5.56 Å². The third-order valence-electron chi connectivity index (χ3n) is 2.94. The molecule has 0 spiro atoms. The van der Waals surface area contributed by atoms with Gasteiger partial charge in [0.15, 0.2) is 0 Å². The first-order chi connectivity index (χ1) is 9.67. The first-order valence-corrected chi connectivity index (χ1v) is 5.98. The van der Waals surface area contributed by atoms with Gasteiger partial charge in [-0.05, 0) is 30.7 Å². The molecule has 0 bridgehead atoms. The highest BCUT2D eigenvalue weighted by Gasteiger charge is 2.07. The smallest absolute Gasteiger partial charge is 0.282 e. The lowest BCUT2D eigenvalue weighted by Crippen LogP contribution is -2.15. The Bertz CT molecular complexity index is 754. The van der Waals surface area contributed by atoms with Crippen molar-refractivity contribution in [2.24, 2.45) is 0 Å². The molecule has 0 saturated heterocycles. The fourth-order valence-corrected chi connectivity index (χ4v) is 1.82. The Balaban J connectivity index is 2.43. The van der Waals surface area contributed by atoms with Crippen LogP contribution < -0.4 is 10.3 Å². The molecule has 0 aliphatic carbocycles. The number of H-pyrrole nitrogens is 1. The molecule has 1 N–H and O–H groups in total. The SMILES string of the molecule is COc1ccccc1/C=C/c1n[nH]c(=O)c(C#N)c1C. The van der Waals surface area contributed by atoms with Gasteiger partial charge in [-0.25, -0.2) is 5.10 Å². The van der Waals surface area contributed by atoms with Crippen molar-refractivity contribution < 1.29 is 4.74 Å². The standard InChI is InChI=1S/C15H13N3O2/c1-10-12(9-16)15(19)18-17-13(10)8-7-11-5-3-4-6-14(11)20-2/h3-8H,1-2H3,(H,18,19)/b8-7+. The van der Waals surface area contributed by atoms with E-state index in [0.717, 1.165) is 11.3 Å². The molecule has 100 valence electrons. The van der Waals surface area contributed by atoms with Gasteiger partial charge in [-0.15, -0.1) is 0 Å². The molecule has 0 aliphatic heterocycles. The van der Waals surface area contributed by atoms with Gasteiger partial charge in [-0.2, -0.15) is 10.4 Å². The van der Waals surface area contributed by atoms with E-state index in [4.69, 9.17) is 10.00 Å². The van der Waals surface area contributed by atoms with Crippen LogP contribution in [0.1, 0.15) is 22.4 Å². The molecule has 2 aromatic rings. The van der Waals surface area contributed by atoms with E-state index < -0.39 is 5.56 Å². The summed E-state index contributed by atoms with van der Waals surface area (Å²) in [5.74, 6) is 0.742. The molecule has 0 fully saturated rings. The number of ether oxygens (including phenoxy) is 1. The van der Waals surface area contributed by atoms with Gasteiger partial charge in [0.1, 0.15) is 17.4 Å². The molecule has 5 heteroatoms. The maximum Gasteiger partial charge on any atom is 0.282 e.